The van der Waals surface area contributed by atoms with Crippen LogP contribution in [0.4, 0.5) is 0 Å². The molecule has 0 aromatic rings. The molecule has 0 N–H and O–H groups in total. The second-order valence-corrected chi connectivity index (χ2v) is 6.61. The van der Waals surface area contributed by atoms with Crippen molar-refractivity contribution in [1.29, 1.82) is 0 Å². The molecule has 22 heavy (non-hydrogen) atoms. The number of carbonyl (C=O) groups is 1. The van der Waals surface area contributed by atoms with Gasteiger partial charge in [-0.2, -0.15) is 0 Å². The van der Waals surface area contributed by atoms with Crippen molar-refractivity contribution in [3.8, 4) is 0 Å². The van der Waals surface area contributed by atoms with Gasteiger partial charge in [-0.3, -0.25) is 4.79 Å². The lowest BCUT2D eigenvalue weighted by Crippen LogP contribution is -1.97. The Balaban J connectivity index is 0. The summed E-state index contributed by atoms with van der Waals surface area (Å²) in [7, 11) is 0. The lowest BCUT2D eigenvalue weighted by atomic mass is 9.95. The number of ketones is 1. The van der Waals surface area contributed by atoms with Crippen LogP contribution in [-0.2, 0) is 4.79 Å². The Morgan fingerprint density at radius 3 is 2.09 bits per heavy atom. The Morgan fingerprint density at radius 1 is 1.05 bits per heavy atom. The zero-order valence-electron chi connectivity index (χ0n) is 15.5. The summed E-state index contributed by atoms with van der Waals surface area (Å²) in [6.07, 6.45) is 10.1. The summed E-state index contributed by atoms with van der Waals surface area (Å²) in [6.45, 7) is 16.9. The summed E-state index contributed by atoms with van der Waals surface area (Å²) in [5.41, 5.74) is 6.74. The largest absolute Gasteiger partial charge is 0.300 e. The van der Waals surface area contributed by atoms with Gasteiger partial charge in [-0.15, -0.1) is 11.5 Å². The van der Waals surface area contributed by atoms with Gasteiger partial charge in [0.1, 0.15) is 5.78 Å². The van der Waals surface area contributed by atoms with Crippen LogP contribution in [0.1, 0.15) is 79.6 Å². The van der Waals surface area contributed by atoms with E-state index < -0.39 is 0 Å². The van der Waals surface area contributed by atoms with Gasteiger partial charge >= 0.3 is 0 Å². The van der Waals surface area contributed by atoms with E-state index in [1.54, 1.807) is 6.92 Å². The lowest BCUT2D eigenvalue weighted by Gasteiger charge is -2.11. The first kappa shape index (κ1) is 23.0. The van der Waals surface area contributed by atoms with E-state index in [0.717, 1.165) is 18.3 Å². The zero-order valence-corrected chi connectivity index (χ0v) is 15.5. The third kappa shape index (κ3) is 21.0. The maximum atomic E-state index is 10.8. The van der Waals surface area contributed by atoms with Crippen LogP contribution >= 0.6 is 0 Å². The number of Topliss-reactive ketones (excluding diaryl/α,β-unsaturated/α-hetero) is 1. The van der Waals surface area contributed by atoms with Crippen LogP contribution in [0.2, 0.25) is 0 Å². The lowest BCUT2D eigenvalue weighted by molar-refractivity contribution is -0.116. The van der Waals surface area contributed by atoms with Crippen LogP contribution in [0.5, 0.6) is 0 Å². The molecule has 1 heteroatoms. The minimum atomic E-state index is 0.207. The van der Waals surface area contributed by atoms with Gasteiger partial charge in [0.05, 0.1) is 0 Å². The predicted molar refractivity (Wildman–Crippen MR) is 99.0 cm³/mol. The minimum absolute atomic E-state index is 0.207. The van der Waals surface area contributed by atoms with E-state index in [0.29, 0.717) is 6.42 Å². The first-order valence-electron chi connectivity index (χ1n) is 8.52. The van der Waals surface area contributed by atoms with Crippen molar-refractivity contribution in [2.24, 2.45) is 11.8 Å². The molecule has 0 saturated carbocycles. The summed E-state index contributed by atoms with van der Waals surface area (Å²) in [5.74, 6) is 1.88. The fourth-order valence-electron chi connectivity index (χ4n) is 2.18. The molecule has 0 aromatic heterocycles. The molecular weight excluding hydrogens is 268 g/mol. The summed E-state index contributed by atoms with van der Waals surface area (Å²) in [6, 6.07) is 0. The number of hydrogen-bond donors (Lipinski definition) is 0. The van der Waals surface area contributed by atoms with E-state index in [2.05, 4.69) is 52.3 Å². The second kappa shape index (κ2) is 16.1. The molecule has 0 bridgehead atoms. The Kier molecular flexibility index (Phi) is 16.8. The fraction of sp³-hybridized carbons (Fsp3) is 0.667. The molecule has 0 aliphatic carbocycles. The molecule has 126 valence electrons. The Bertz CT molecular complexity index is 375. The minimum Gasteiger partial charge on any atom is -0.300 e. The number of allylic oxidation sites excluding steroid dienone is 1. The van der Waals surface area contributed by atoms with Crippen molar-refractivity contribution in [2.45, 2.75) is 79.6 Å². The van der Waals surface area contributed by atoms with E-state index in [-0.39, 0.29) is 5.78 Å². The van der Waals surface area contributed by atoms with E-state index >= 15 is 0 Å². The topological polar surface area (TPSA) is 17.1 Å². The SMILES string of the molecule is C=C=C.CC(=O)CC=C=C(C)CCCC(C)CCCC(C)C. The molecule has 0 fully saturated rings. The standard InChI is InChI=1S/C18H32O.C3H4/c1-15(2)9-6-10-16(3)11-7-12-17(4)13-8-14-18(5)19;1-3-2/h8,15-16H,6-7,9-12,14H2,1-5H3;1-2H2. The van der Waals surface area contributed by atoms with Gasteiger partial charge in [0.2, 0.25) is 0 Å². The van der Waals surface area contributed by atoms with Crippen LogP contribution in [0, 0.1) is 11.8 Å². The van der Waals surface area contributed by atoms with Crippen molar-refractivity contribution < 1.29 is 4.79 Å². The van der Waals surface area contributed by atoms with Crippen molar-refractivity contribution in [2.75, 3.05) is 0 Å². The van der Waals surface area contributed by atoms with E-state index in [9.17, 15) is 4.79 Å². The molecule has 1 atom stereocenters. The Morgan fingerprint density at radius 2 is 1.59 bits per heavy atom. The van der Waals surface area contributed by atoms with Gasteiger partial charge < -0.3 is 0 Å². The number of rotatable bonds is 10. The van der Waals surface area contributed by atoms with E-state index in [1.807, 2.05) is 6.08 Å². The van der Waals surface area contributed by atoms with Crippen LogP contribution in [0.15, 0.2) is 36.3 Å². The van der Waals surface area contributed by atoms with Crippen LogP contribution in [-0.4, -0.2) is 5.78 Å². The molecule has 1 unspecified atom stereocenters. The average Bonchev–Trinajstić information content (AvgIpc) is 2.38. The smallest absolute Gasteiger partial charge is 0.134 e. The van der Waals surface area contributed by atoms with Crippen molar-refractivity contribution in [3.05, 3.63) is 36.3 Å². The molecule has 0 aliphatic heterocycles. The van der Waals surface area contributed by atoms with Crippen LogP contribution < -0.4 is 0 Å². The van der Waals surface area contributed by atoms with Gasteiger partial charge in [0.15, 0.2) is 0 Å². The quantitative estimate of drug-likeness (QED) is 0.412. The number of hydrogen-bond acceptors (Lipinski definition) is 1. The first-order valence-corrected chi connectivity index (χ1v) is 8.52. The van der Waals surface area contributed by atoms with E-state index in [4.69, 9.17) is 0 Å². The molecule has 0 amide bonds. The molecule has 0 aliphatic rings. The third-order valence-electron chi connectivity index (χ3n) is 3.47. The Labute approximate surface area is 138 Å². The molecule has 0 rings (SSSR count). The van der Waals surface area contributed by atoms with Gasteiger partial charge in [-0.25, -0.2) is 0 Å². The molecule has 0 spiro atoms. The average molecular weight is 305 g/mol. The van der Waals surface area contributed by atoms with Gasteiger partial charge in [-0.1, -0.05) is 59.6 Å². The molecule has 0 radical (unpaired) electrons. The monoisotopic (exact) mass is 304 g/mol. The zero-order chi connectivity index (χ0) is 17.4. The molecule has 0 heterocycles. The third-order valence-corrected chi connectivity index (χ3v) is 3.47. The normalized spacial score (nSPS) is 10.8. The Hall–Kier alpha value is -1.29. The van der Waals surface area contributed by atoms with Gasteiger partial charge in [-0.05, 0) is 50.2 Å². The predicted octanol–water partition coefficient (Wildman–Crippen LogP) is 6.66. The fourth-order valence-corrected chi connectivity index (χ4v) is 2.18. The maximum absolute atomic E-state index is 10.8. The molecule has 0 aromatic carbocycles. The van der Waals surface area contributed by atoms with Crippen LogP contribution in [0.3, 0.4) is 0 Å². The molecule has 1 nitrogen and oxygen atoms in total. The highest BCUT2D eigenvalue weighted by Crippen LogP contribution is 2.18. The first-order chi connectivity index (χ1) is 10.3. The van der Waals surface area contributed by atoms with E-state index in [1.165, 1.54) is 37.7 Å². The maximum Gasteiger partial charge on any atom is 0.134 e. The highest BCUT2D eigenvalue weighted by Gasteiger charge is 2.03. The van der Waals surface area contributed by atoms with Gasteiger partial charge in [0.25, 0.3) is 0 Å². The van der Waals surface area contributed by atoms with Crippen molar-refractivity contribution >= 4 is 5.78 Å². The molecular formula is C21H36O. The molecule has 0 saturated heterocycles. The van der Waals surface area contributed by atoms with Crippen molar-refractivity contribution in [1.82, 2.24) is 0 Å². The second-order valence-electron chi connectivity index (χ2n) is 6.61. The summed E-state index contributed by atoms with van der Waals surface area (Å²) in [5, 5.41) is 0. The van der Waals surface area contributed by atoms with Crippen molar-refractivity contribution in [3.63, 3.8) is 0 Å². The highest BCUT2D eigenvalue weighted by atomic mass is 16.1. The summed E-state index contributed by atoms with van der Waals surface area (Å²) < 4.78 is 0. The summed E-state index contributed by atoms with van der Waals surface area (Å²) >= 11 is 0. The number of carbonyl (C=O) groups excluding carboxylic acids is 1. The van der Waals surface area contributed by atoms with Crippen LogP contribution in [0.25, 0.3) is 0 Å². The summed E-state index contributed by atoms with van der Waals surface area (Å²) in [4.78, 5) is 10.8. The highest BCUT2D eigenvalue weighted by molar-refractivity contribution is 5.76. The van der Waals surface area contributed by atoms with Gasteiger partial charge in [0, 0.05) is 6.42 Å².